The number of aryl methyl sites for hydroxylation is 2. The summed E-state index contributed by atoms with van der Waals surface area (Å²) in [4.78, 5) is 19.1. The van der Waals surface area contributed by atoms with E-state index in [1.165, 1.54) is 0 Å². The van der Waals surface area contributed by atoms with Gasteiger partial charge in [0, 0.05) is 35.1 Å². The Morgan fingerprint density at radius 2 is 0.654 bits per heavy atom. The van der Waals surface area contributed by atoms with Crippen molar-refractivity contribution in [3.8, 4) is 45.8 Å². The van der Waals surface area contributed by atoms with Gasteiger partial charge in [-0.05, 0) is 169 Å². The summed E-state index contributed by atoms with van der Waals surface area (Å²) >= 11 is 0. The Labute approximate surface area is 447 Å². The molecule has 2 aliphatic heterocycles. The van der Waals surface area contributed by atoms with Crippen LogP contribution >= 0.6 is 0 Å². The van der Waals surface area contributed by atoms with Gasteiger partial charge >= 0.3 is 0 Å². The van der Waals surface area contributed by atoms with Crippen LogP contribution in [0.25, 0.3) is 90.2 Å². The van der Waals surface area contributed by atoms with E-state index >= 15 is 0 Å². The van der Waals surface area contributed by atoms with Crippen molar-refractivity contribution in [3.63, 3.8) is 0 Å². The van der Waals surface area contributed by atoms with E-state index < -0.39 is 0 Å². The molecular weight excluding hydrogens is 969 g/mol. The molecule has 15 rings (SSSR count). The number of aromatic nitrogens is 4. The van der Waals surface area contributed by atoms with Crippen molar-refractivity contribution < 1.29 is 17.7 Å². The fraction of sp³-hybridized carbons (Fsp3) is 0.0909. The number of oxazole rings is 4. The van der Waals surface area contributed by atoms with Crippen LogP contribution in [0, 0.1) is 13.8 Å². The highest BCUT2D eigenvalue weighted by molar-refractivity contribution is 6.04. The number of hydrogen-bond acceptors (Lipinski definition) is 12. The molecule has 4 aromatic heterocycles. The third-order valence-electron chi connectivity index (χ3n) is 14.9. The highest BCUT2D eigenvalue weighted by Gasteiger charge is 2.33. The zero-order valence-electron chi connectivity index (χ0n) is 42.4. The summed E-state index contributed by atoms with van der Waals surface area (Å²) in [5.74, 6) is 2.34. The van der Waals surface area contributed by atoms with E-state index in [0.717, 1.165) is 123 Å². The van der Waals surface area contributed by atoms with Crippen molar-refractivity contribution in [3.05, 3.63) is 240 Å². The van der Waals surface area contributed by atoms with Gasteiger partial charge in [-0.25, -0.2) is 19.9 Å². The zero-order chi connectivity index (χ0) is 51.8. The monoisotopic (exact) mass is 1010 g/mol. The van der Waals surface area contributed by atoms with Gasteiger partial charge in [0.1, 0.15) is 22.1 Å². The van der Waals surface area contributed by atoms with Crippen molar-refractivity contribution in [2.24, 2.45) is 10.2 Å². The lowest BCUT2D eigenvalue weighted by molar-refractivity contribution is 0.619. The van der Waals surface area contributed by atoms with Gasteiger partial charge in [0.15, 0.2) is 22.3 Å². The fourth-order valence-electron chi connectivity index (χ4n) is 10.7. The zero-order valence-corrected chi connectivity index (χ0v) is 42.4. The van der Waals surface area contributed by atoms with E-state index in [9.17, 15) is 0 Å². The molecule has 0 N–H and O–H groups in total. The summed E-state index contributed by atoms with van der Waals surface area (Å²) in [5.41, 5.74) is 20.5. The molecule has 0 bridgehead atoms. The minimum Gasteiger partial charge on any atom is -0.436 e. The molecule has 0 saturated heterocycles. The Hall–Kier alpha value is -10.2. The Kier molecular flexibility index (Phi) is 10.6. The summed E-state index contributed by atoms with van der Waals surface area (Å²) in [7, 11) is 0. The largest absolute Gasteiger partial charge is 0.436 e. The number of benzene rings is 9. The standard InChI is InChI=1S/C66H46N8O4/c1-39-11-33-61-55(35-39)69-65(77-61)45-21-13-41(14-22-45)53-37-57(73(71-53)49-29-25-47(26-30-49)63-67-51-7-3-5-9-59(51)75-63)43-17-19-44(20-18-43)58-38-54(42-15-23-46(24-16-42)66-70-56-36-40(2)12-34-62(56)78-66)72-74(58)50-31-27-48(28-32-50)64-68-52-8-4-6-10-60(52)76-64/h3-36,57-58H,37-38H2,1-2H3. The number of nitrogens with zero attached hydrogens (tertiary/aromatic N) is 8. The van der Waals surface area contributed by atoms with Crippen LogP contribution < -0.4 is 10.0 Å². The smallest absolute Gasteiger partial charge is 0.227 e. The average Bonchev–Trinajstić information content (AvgIpc) is 4.37. The molecule has 13 aromatic rings. The van der Waals surface area contributed by atoms with Crippen LogP contribution in [-0.4, -0.2) is 31.4 Å². The number of para-hydroxylation sites is 4. The van der Waals surface area contributed by atoms with Crippen LogP contribution in [0.2, 0.25) is 0 Å². The first-order chi connectivity index (χ1) is 38.3. The molecule has 9 aromatic carbocycles. The number of hydrogen-bond donors (Lipinski definition) is 0. The molecule has 6 heterocycles. The number of anilines is 2. The molecule has 2 atom stereocenters. The molecule has 12 nitrogen and oxygen atoms in total. The minimum absolute atomic E-state index is 0.0983. The summed E-state index contributed by atoms with van der Waals surface area (Å²) in [5, 5.41) is 15.0. The first-order valence-electron chi connectivity index (χ1n) is 26.1. The molecule has 78 heavy (non-hydrogen) atoms. The molecule has 12 heteroatoms. The Morgan fingerprint density at radius 1 is 0.333 bits per heavy atom. The third-order valence-corrected chi connectivity index (χ3v) is 14.9. The van der Waals surface area contributed by atoms with Gasteiger partial charge in [-0.2, -0.15) is 10.2 Å². The van der Waals surface area contributed by atoms with Gasteiger partial charge in [-0.3, -0.25) is 10.0 Å². The molecule has 0 saturated carbocycles. The van der Waals surface area contributed by atoms with Gasteiger partial charge < -0.3 is 17.7 Å². The molecule has 0 aliphatic carbocycles. The highest BCUT2D eigenvalue weighted by atomic mass is 16.4. The molecule has 0 radical (unpaired) electrons. The lowest BCUT2D eigenvalue weighted by atomic mass is 9.93. The van der Waals surface area contributed by atoms with Crippen LogP contribution in [0.5, 0.6) is 0 Å². The second-order valence-corrected chi connectivity index (χ2v) is 20.1. The highest BCUT2D eigenvalue weighted by Crippen LogP contribution is 2.42. The topological polar surface area (TPSA) is 135 Å². The van der Waals surface area contributed by atoms with Crippen molar-refractivity contribution in [2.75, 3.05) is 10.0 Å². The molecule has 0 amide bonds. The van der Waals surface area contributed by atoms with Crippen LogP contribution in [-0.2, 0) is 0 Å². The number of hydrazone groups is 2. The van der Waals surface area contributed by atoms with Crippen molar-refractivity contribution in [2.45, 2.75) is 38.8 Å². The molecule has 2 unspecified atom stereocenters. The Bertz CT molecular complexity index is 4120. The summed E-state index contributed by atoms with van der Waals surface area (Å²) in [6, 6.07) is 69.9. The summed E-state index contributed by atoms with van der Waals surface area (Å²) in [6.45, 7) is 4.12. The van der Waals surface area contributed by atoms with E-state index in [0.29, 0.717) is 36.4 Å². The lowest BCUT2D eigenvalue weighted by Gasteiger charge is -2.26. The summed E-state index contributed by atoms with van der Waals surface area (Å²) in [6.07, 6.45) is 1.37. The predicted octanol–water partition coefficient (Wildman–Crippen LogP) is 16.2. The maximum Gasteiger partial charge on any atom is 0.227 e. The maximum atomic E-state index is 6.17. The molecule has 374 valence electrons. The SMILES string of the molecule is Cc1ccc2oc(-c3ccc(C4=NN(c5ccc(-c6nc7ccccc7o6)cc5)C(c5ccc(C6CC(c7ccc(-c8nc9cc(C)ccc9o8)cc7)=NN6c6ccc(-c7nc8ccccc8o7)cc6)cc5)C4)cc3)nc2c1. The van der Waals surface area contributed by atoms with Crippen molar-refractivity contribution in [1.29, 1.82) is 0 Å². The Balaban J connectivity index is 0.748. The van der Waals surface area contributed by atoms with Crippen LogP contribution in [0.3, 0.4) is 0 Å². The third kappa shape index (κ3) is 8.18. The molecule has 0 spiro atoms. The first-order valence-corrected chi connectivity index (χ1v) is 26.1. The van der Waals surface area contributed by atoms with Crippen LogP contribution in [0.15, 0.2) is 234 Å². The minimum atomic E-state index is -0.0983. The molecule has 0 fully saturated rings. The van der Waals surface area contributed by atoms with Crippen molar-refractivity contribution in [1.82, 2.24) is 19.9 Å². The molecule has 2 aliphatic rings. The lowest BCUT2D eigenvalue weighted by Crippen LogP contribution is -2.20. The van der Waals surface area contributed by atoms with Gasteiger partial charge in [0.25, 0.3) is 0 Å². The predicted molar refractivity (Wildman–Crippen MR) is 306 cm³/mol. The van der Waals surface area contributed by atoms with Crippen molar-refractivity contribution >= 4 is 67.2 Å². The number of rotatable bonds is 10. The van der Waals surface area contributed by atoms with E-state index in [-0.39, 0.29) is 12.1 Å². The number of fused-ring (bicyclic) bond motifs is 4. The van der Waals surface area contributed by atoms with Gasteiger partial charge in [-0.1, -0.05) is 84.9 Å². The maximum absolute atomic E-state index is 6.17. The average molecular weight is 1020 g/mol. The van der Waals surface area contributed by atoms with Gasteiger partial charge in [0.05, 0.1) is 34.9 Å². The van der Waals surface area contributed by atoms with Crippen LogP contribution in [0.1, 0.15) is 58.3 Å². The summed E-state index contributed by atoms with van der Waals surface area (Å²) < 4.78 is 24.6. The quantitative estimate of drug-likeness (QED) is 0.130. The first kappa shape index (κ1) is 45.2. The molecular formula is C66H46N8O4. The second-order valence-electron chi connectivity index (χ2n) is 20.1. The van der Waals surface area contributed by atoms with E-state index in [2.05, 4.69) is 145 Å². The van der Waals surface area contributed by atoms with E-state index in [4.69, 9.17) is 47.8 Å². The fourth-order valence-corrected chi connectivity index (χ4v) is 10.7. The normalized spacial score (nSPS) is 15.6. The Morgan fingerprint density at radius 3 is 1.03 bits per heavy atom. The second kappa shape index (κ2) is 18.3. The van der Waals surface area contributed by atoms with E-state index in [1.807, 2.05) is 84.9 Å². The van der Waals surface area contributed by atoms with Gasteiger partial charge in [0.2, 0.25) is 23.6 Å². The van der Waals surface area contributed by atoms with Crippen LogP contribution in [0.4, 0.5) is 11.4 Å². The van der Waals surface area contributed by atoms with E-state index in [1.54, 1.807) is 0 Å². The van der Waals surface area contributed by atoms with Gasteiger partial charge in [-0.15, -0.1) is 0 Å².